The molecule has 13 atom stereocenters. The minimum absolute atomic E-state index is 0.108. The lowest BCUT2D eigenvalue weighted by atomic mass is 9.98. The number of hydrogen-bond donors (Lipinski definition) is 0. The first kappa shape index (κ1) is 114. The summed E-state index contributed by atoms with van der Waals surface area (Å²) < 4.78 is 51.4. The fourth-order valence-corrected chi connectivity index (χ4v) is 21.0. The number of halogens is 4. The van der Waals surface area contributed by atoms with Crippen molar-refractivity contribution in [3.63, 3.8) is 0 Å². The predicted molar refractivity (Wildman–Crippen MR) is 513 cm³/mol. The quantitative estimate of drug-likeness (QED) is 0.156. The molecular weight excluding hydrogens is 1500 g/mol. The lowest BCUT2D eigenvalue weighted by Gasteiger charge is -2.47. The van der Waals surface area contributed by atoms with E-state index in [-0.39, 0.29) is 17.6 Å². The van der Waals surface area contributed by atoms with Gasteiger partial charge in [-0.05, 0) is 298 Å². The third kappa shape index (κ3) is 43.1. The highest BCUT2D eigenvalue weighted by atomic mass is 19.3. The number of likely N-dealkylation sites (tertiary alicyclic amines) is 3. The van der Waals surface area contributed by atoms with Gasteiger partial charge in [-0.25, -0.2) is 27.5 Å². The lowest BCUT2D eigenvalue weighted by Crippen LogP contribution is -2.58. The molecule has 17 nitrogen and oxygen atoms in total. The zero-order valence-corrected chi connectivity index (χ0v) is 86.7. The minimum Gasteiger partial charge on any atom is -0.301 e. The SMILES string of the molecule is CC(C)N1CCC[C@H]1C.CC(C)N1CCN(CC(C)(F)F)C[C@@H]1C.CC(C)N1C[C@@H](C)C[C@H]1C.CC(C)[C@H]1CN(Cc2ncccn2)CCN1C(C)C.CC(F)CN1CCN(C(C)(C)C)[C@@H](C)C1.CC(F)CN1CCN(C(C)(C)C)[C@H](C)C1.CCN1CCN(C(C)(C)C)[C@@H](C)C1.CCN1CCN(C(C)(C)C)[C@H](C)C1.C[C@@H]1C[C@@H](C)N(C(C)(C)C)C1. The van der Waals surface area contributed by atoms with Crippen LogP contribution < -0.4 is 0 Å². The third-order valence-electron chi connectivity index (χ3n) is 26.5. The first-order valence-corrected chi connectivity index (χ1v) is 48.7. The van der Waals surface area contributed by atoms with Crippen LogP contribution >= 0.6 is 0 Å². The van der Waals surface area contributed by atoms with E-state index in [4.69, 9.17) is 0 Å². The maximum atomic E-state index is 12.9. The molecular formula is C99H203F4N17. The van der Waals surface area contributed by atoms with Gasteiger partial charge in [0.2, 0.25) is 0 Å². The maximum absolute atomic E-state index is 12.9. The Kier molecular flexibility index (Phi) is 50.8. The number of likely N-dealkylation sites (N-methyl/N-ethyl adjacent to an activating group) is 2. The Hall–Kier alpha value is -1.80. The highest BCUT2D eigenvalue weighted by Gasteiger charge is 2.39. The van der Waals surface area contributed by atoms with E-state index in [2.05, 4.69) is 335 Å². The van der Waals surface area contributed by atoms with Gasteiger partial charge in [-0.3, -0.25) is 63.7 Å². The number of nitrogens with zero attached hydrogens (tertiary/aromatic N) is 17. The van der Waals surface area contributed by atoms with Crippen molar-refractivity contribution in [2.45, 2.75) is 434 Å². The fraction of sp³-hybridized carbons (Fsp3) is 0.960. The highest BCUT2D eigenvalue weighted by molar-refractivity contribution is 4.96. The van der Waals surface area contributed by atoms with Gasteiger partial charge in [-0.15, -0.1) is 0 Å². The molecule has 0 bridgehead atoms. The van der Waals surface area contributed by atoms with Crippen molar-refractivity contribution in [1.82, 2.24) is 83.5 Å². The Balaban J connectivity index is 0.000000461. The molecule has 9 saturated heterocycles. The van der Waals surface area contributed by atoms with Crippen LogP contribution in [-0.2, 0) is 6.54 Å². The van der Waals surface area contributed by atoms with Crippen molar-refractivity contribution in [3.8, 4) is 0 Å². The van der Waals surface area contributed by atoms with Gasteiger partial charge in [0, 0.05) is 270 Å². The molecule has 0 spiro atoms. The Labute approximate surface area is 743 Å². The molecule has 0 aliphatic carbocycles. The van der Waals surface area contributed by atoms with Crippen LogP contribution in [-0.4, -0.2) is 378 Å². The molecule has 0 radical (unpaired) electrons. The summed E-state index contributed by atoms with van der Waals surface area (Å²) in [6.07, 6.45) is 7.79. The number of alkyl halides is 4. The van der Waals surface area contributed by atoms with Crippen LogP contribution in [0, 0.1) is 17.8 Å². The van der Waals surface area contributed by atoms with Gasteiger partial charge in [-0.2, -0.15) is 0 Å². The fourth-order valence-electron chi connectivity index (χ4n) is 21.0. The average Bonchev–Trinajstić information content (AvgIpc) is 1.84. The smallest absolute Gasteiger partial charge is 0.257 e. The highest BCUT2D eigenvalue weighted by Crippen LogP contribution is 2.31. The van der Waals surface area contributed by atoms with Gasteiger partial charge in [0.25, 0.3) is 5.92 Å². The number of piperazine rings is 6. The molecule has 10 rings (SSSR count). The second-order valence-electron chi connectivity index (χ2n) is 45.1. The molecule has 712 valence electrons. The molecule has 21 heteroatoms. The van der Waals surface area contributed by atoms with Crippen LogP contribution in [0.2, 0.25) is 0 Å². The second kappa shape index (κ2) is 53.4. The first-order chi connectivity index (χ1) is 55.1. The second-order valence-corrected chi connectivity index (χ2v) is 45.1. The Morgan fingerprint density at radius 3 is 0.942 bits per heavy atom. The number of aromatic nitrogens is 2. The summed E-state index contributed by atoms with van der Waals surface area (Å²) in [5.41, 5.74) is 1.49. The van der Waals surface area contributed by atoms with E-state index in [0.29, 0.717) is 84.0 Å². The van der Waals surface area contributed by atoms with Crippen molar-refractivity contribution >= 4 is 0 Å². The first-order valence-electron chi connectivity index (χ1n) is 48.7. The molecule has 0 saturated carbocycles. The molecule has 0 amide bonds. The summed E-state index contributed by atoms with van der Waals surface area (Å²) in [4.78, 5) is 45.5. The molecule has 1 aromatic heterocycles. The number of hydrogen-bond acceptors (Lipinski definition) is 17. The van der Waals surface area contributed by atoms with E-state index in [1.165, 1.54) is 97.7 Å². The van der Waals surface area contributed by atoms with Crippen molar-refractivity contribution in [2.75, 3.05) is 170 Å². The molecule has 0 N–H and O–H groups in total. The summed E-state index contributed by atoms with van der Waals surface area (Å²) in [5, 5.41) is 0. The summed E-state index contributed by atoms with van der Waals surface area (Å²) in [5.74, 6) is 0.853. The summed E-state index contributed by atoms with van der Waals surface area (Å²) in [6.45, 7) is 116. The Morgan fingerprint density at radius 2 is 0.675 bits per heavy atom. The summed E-state index contributed by atoms with van der Waals surface area (Å²) >= 11 is 0. The molecule has 1 aromatic rings. The van der Waals surface area contributed by atoms with Gasteiger partial charge in [-0.1, -0.05) is 41.5 Å². The predicted octanol–water partition coefficient (Wildman–Crippen LogP) is 18.5. The van der Waals surface area contributed by atoms with E-state index in [1.807, 2.05) is 23.4 Å². The van der Waals surface area contributed by atoms with Gasteiger partial charge in [0.15, 0.2) is 0 Å². The van der Waals surface area contributed by atoms with E-state index >= 15 is 0 Å². The monoisotopic (exact) mass is 1710 g/mol. The normalized spacial score (nSPS) is 28.3. The van der Waals surface area contributed by atoms with Crippen LogP contribution in [0.3, 0.4) is 0 Å². The van der Waals surface area contributed by atoms with Gasteiger partial charge < -0.3 is 9.80 Å². The van der Waals surface area contributed by atoms with Gasteiger partial charge in [0.1, 0.15) is 18.2 Å². The molecule has 9 fully saturated rings. The zero-order chi connectivity index (χ0) is 92.1. The molecule has 2 unspecified atom stereocenters. The average molecular weight is 1710 g/mol. The molecule has 10 heterocycles. The van der Waals surface area contributed by atoms with Gasteiger partial charge >= 0.3 is 0 Å². The van der Waals surface area contributed by atoms with Crippen LogP contribution in [0.25, 0.3) is 0 Å². The largest absolute Gasteiger partial charge is 0.301 e. The van der Waals surface area contributed by atoms with Crippen LogP contribution in [0.5, 0.6) is 0 Å². The summed E-state index contributed by atoms with van der Waals surface area (Å²) in [6, 6.07) is 10.4. The number of rotatable bonds is 15. The van der Waals surface area contributed by atoms with Crippen molar-refractivity contribution in [2.24, 2.45) is 17.8 Å². The van der Waals surface area contributed by atoms with Crippen molar-refractivity contribution in [1.29, 1.82) is 0 Å². The van der Waals surface area contributed by atoms with E-state index in [0.717, 1.165) is 140 Å². The van der Waals surface area contributed by atoms with Crippen LogP contribution in [0.15, 0.2) is 18.5 Å². The minimum atomic E-state index is -2.57. The van der Waals surface area contributed by atoms with Crippen LogP contribution in [0.4, 0.5) is 17.6 Å². The Bertz CT molecular complexity index is 2690. The summed E-state index contributed by atoms with van der Waals surface area (Å²) in [7, 11) is 0. The molecule has 0 aromatic carbocycles. The van der Waals surface area contributed by atoms with E-state index in [9.17, 15) is 17.6 Å². The lowest BCUT2D eigenvalue weighted by molar-refractivity contribution is -0.0380. The van der Waals surface area contributed by atoms with Crippen molar-refractivity contribution < 1.29 is 17.6 Å². The standard InChI is InChI=1S/C15H26N4.2C12H25FN2.C11H22F2N2.2C11H24N2.C10H21N.C9H19N.C8H17N/c1-12(2)14-10-18(8-9-19(14)13(3)4)11-15-16-6-5-7-17-15;2*1-10(13)8-14-6-7-15(11(2)9-14)12(3,4)5;1-9(2)15-6-5-14(7-10(15)3)8-11(4,12)13;2*1-6-12-7-8-13(10(2)9-12)11(3,4)5;1-8-6-9(2)11(7-8)10(3,4)5;1-7(2)10-6-8(3)5-9(10)4;1-7(2)9-6-4-5-8(9)3/h5-7,12-14H,8-11H2,1-4H3;2*10-11H,6-9H2,1-5H3;9-10H,5-8H2,1-4H3;2*10H,6-9H2,1-5H3;8-9H,6-7H2,1-5H3;7-9H,5-6H2,1-4H3;7-8H,4-6H2,1-3H3/t14-;2*10?,11-;3*10-;8-,9-;8-,9+;8-/m110010101/s1. The Morgan fingerprint density at radius 1 is 0.342 bits per heavy atom. The van der Waals surface area contributed by atoms with E-state index < -0.39 is 18.3 Å². The topological polar surface area (TPSA) is 74.4 Å². The van der Waals surface area contributed by atoms with E-state index in [1.54, 1.807) is 13.8 Å². The molecule has 120 heavy (non-hydrogen) atoms. The van der Waals surface area contributed by atoms with Gasteiger partial charge in [0.05, 0.1) is 13.1 Å². The molecule has 9 aliphatic rings. The third-order valence-corrected chi connectivity index (χ3v) is 26.5. The molecule has 9 aliphatic heterocycles. The maximum Gasteiger partial charge on any atom is 0.257 e. The van der Waals surface area contributed by atoms with Crippen LogP contribution in [0.1, 0.15) is 308 Å². The van der Waals surface area contributed by atoms with Crippen molar-refractivity contribution in [3.05, 3.63) is 24.3 Å². The zero-order valence-electron chi connectivity index (χ0n) is 86.7.